The molecule has 2 aromatic rings. The van der Waals surface area contributed by atoms with Crippen LogP contribution in [0.4, 0.5) is 0 Å². The van der Waals surface area contributed by atoms with Crippen LogP contribution in [0.15, 0.2) is 70.5 Å². The van der Waals surface area contributed by atoms with Gasteiger partial charge >= 0.3 is 0 Å². The van der Waals surface area contributed by atoms with Crippen molar-refractivity contribution in [2.24, 2.45) is 0 Å². The van der Waals surface area contributed by atoms with Crippen LogP contribution < -0.4 is 0 Å². The summed E-state index contributed by atoms with van der Waals surface area (Å²) in [6, 6.07) is 20.2. The van der Waals surface area contributed by atoms with Crippen molar-refractivity contribution in [3.8, 4) is 0 Å². The number of benzene rings is 2. The first kappa shape index (κ1) is 17.0. The molecule has 2 aromatic carbocycles. The first-order valence-corrected chi connectivity index (χ1v) is 9.22. The largest absolute Gasteiger partial charge is 0.342 e. The van der Waals surface area contributed by atoms with Crippen LogP contribution in [0, 0.1) is 0 Å². The normalized spacial score (nSPS) is 10.7. The molecule has 22 heavy (non-hydrogen) atoms. The summed E-state index contributed by atoms with van der Waals surface area (Å²) >= 11 is 3.24. The SMILES string of the molecule is CCN(CC)C(=O)C(Sc1ccccc1)Sc1ccccc1. The summed E-state index contributed by atoms with van der Waals surface area (Å²) in [4.78, 5) is 16.9. The molecule has 0 aliphatic carbocycles. The van der Waals surface area contributed by atoms with Crippen molar-refractivity contribution in [1.82, 2.24) is 4.90 Å². The molecule has 0 N–H and O–H groups in total. The Balaban J connectivity index is 2.18. The van der Waals surface area contributed by atoms with Gasteiger partial charge in [0.15, 0.2) is 0 Å². The monoisotopic (exact) mass is 331 g/mol. The maximum atomic E-state index is 12.8. The fourth-order valence-corrected chi connectivity index (χ4v) is 4.54. The summed E-state index contributed by atoms with van der Waals surface area (Å²) in [5.41, 5.74) is 0. The summed E-state index contributed by atoms with van der Waals surface area (Å²) in [5, 5.41) is 0. The molecular formula is C18H21NOS2. The highest BCUT2D eigenvalue weighted by Crippen LogP contribution is 2.36. The lowest BCUT2D eigenvalue weighted by molar-refractivity contribution is -0.128. The molecule has 116 valence electrons. The molecule has 4 heteroatoms. The van der Waals surface area contributed by atoms with Gasteiger partial charge < -0.3 is 4.90 Å². The number of rotatable bonds is 7. The molecule has 0 aromatic heterocycles. The maximum Gasteiger partial charge on any atom is 0.246 e. The second kappa shape index (κ2) is 8.91. The molecule has 0 bridgehead atoms. The number of amides is 1. The van der Waals surface area contributed by atoms with Crippen LogP contribution in [0.5, 0.6) is 0 Å². The fraction of sp³-hybridized carbons (Fsp3) is 0.278. The Kier molecular flexibility index (Phi) is 6.87. The van der Waals surface area contributed by atoms with Crippen LogP contribution in [0.3, 0.4) is 0 Å². The molecule has 0 aliphatic heterocycles. The van der Waals surface area contributed by atoms with Crippen molar-refractivity contribution in [1.29, 1.82) is 0 Å². The lowest BCUT2D eigenvalue weighted by Gasteiger charge is -2.24. The van der Waals surface area contributed by atoms with Crippen molar-refractivity contribution in [2.75, 3.05) is 13.1 Å². The average Bonchev–Trinajstić information content (AvgIpc) is 2.57. The minimum atomic E-state index is -0.162. The molecular weight excluding hydrogens is 310 g/mol. The Morgan fingerprint density at radius 1 is 0.864 bits per heavy atom. The van der Waals surface area contributed by atoms with E-state index in [1.807, 2.05) is 55.1 Å². The third kappa shape index (κ3) is 4.82. The van der Waals surface area contributed by atoms with Gasteiger partial charge in [-0.1, -0.05) is 36.4 Å². The minimum absolute atomic E-state index is 0.162. The van der Waals surface area contributed by atoms with Crippen LogP contribution in [0.2, 0.25) is 0 Å². The van der Waals surface area contributed by atoms with Crippen molar-refractivity contribution >= 4 is 29.4 Å². The highest BCUT2D eigenvalue weighted by molar-refractivity contribution is 8.18. The Morgan fingerprint density at radius 2 is 1.27 bits per heavy atom. The van der Waals surface area contributed by atoms with Gasteiger partial charge in [-0.15, -0.1) is 23.5 Å². The van der Waals surface area contributed by atoms with Gasteiger partial charge in [-0.2, -0.15) is 0 Å². The molecule has 0 heterocycles. The number of carbonyl (C=O) groups is 1. The predicted octanol–water partition coefficient (Wildman–Crippen LogP) is 4.77. The lowest BCUT2D eigenvalue weighted by atomic mass is 10.4. The summed E-state index contributed by atoms with van der Waals surface area (Å²) in [7, 11) is 0. The molecule has 1 amide bonds. The number of nitrogens with zero attached hydrogens (tertiary/aromatic N) is 1. The smallest absolute Gasteiger partial charge is 0.246 e. The Morgan fingerprint density at radius 3 is 1.64 bits per heavy atom. The van der Waals surface area contributed by atoms with Crippen molar-refractivity contribution in [3.05, 3.63) is 60.7 Å². The predicted molar refractivity (Wildman–Crippen MR) is 96.3 cm³/mol. The molecule has 0 spiro atoms. The Hall–Kier alpha value is -1.39. The van der Waals surface area contributed by atoms with Gasteiger partial charge in [0.2, 0.25) is 5.91 Å². The minimum Gasteiger partial charge on any atom is -0.342 e. The number of hydrogen-bond acceptors (Lipinski definition) is 3. The third-order valence-corrected chi connectivity index (χ3v) is 5.75. The summed E-state index contributed by atoms with van der Waals surface area (Å²) in [5.74, 6) is 0.188. The van der Waals surface area contributed by atoms with Crippen molar-refractivity contribution < 1.29 is 4.79 Å². The average molecular weight is 332 g/mol. The Bertz CT molecular complexity index is 529. The van der Waals surface area contributed by atoms with E-state index in [4.69, 9.17) is 0 Å². The van der Waals surface area contributed by atoms with Crippen molar-refractivity contribution in [3.63, 3.8) is 0 Å². The van der Waals surface area contributed by atoms with E-state index in [0.717, 1.165) is 22.9 Å². The number of hydrogen-bond donors (Lipinski definition) is 0. The van der Waals surface area contributed by atoms with Gasteiger partial charge in [0, 0.05) is 22.9 Å². The standard InChI is InChI=1S/C18H21NOS2/c1-3-19(4-2)17(20)18(21-15-11-7-5-8-12-15)22-16-13-9-6-10-14-16/h5-14,18H,3-4H2,1-2H3. The van der Waals surface area contributed by atoms with E-state index in [9.17, 15) is 4.79 Å². The highest BCUT2D eigenvalue weighted by atomic mass is 32.2. The van der Waals surface area contributed by atoms with Crippen LogP contribution in [-0.4, -0.2) is 28.5 Å². The van der Waals surface area contributed by atoms with E-state index >= 15 is 0 Å². The second-order valence-electron chi connectivity index (χ2n) is 4.70. The molecule has 0 atom stereocenters. The highest BCUT2D eigenvalue weighted by Gasteiger charge is 2.25. The van der Waals surface area contributed by atoms with Crippen LogP contribution in [0.1, 0.15) is 13.8 Å². The molecule has 0 fully saturated rings. The van der Waals surface area contributed by atoms with E-state index in [1.165, 1.54) is 0 Å². The zero-order valence-electron chi connectivity index (χ0n) is 12.9. The Labute approximate surface area is 141 Å². The van der Waals surface area contributed by atoms with Gasteiger partial charge in [0.25, 0.3) is 0 Å². The topological polar surface area (TPSA) is 20.3 Å². The molecule has 0 radical (unpaired) electrons. The van der Waals surface area contributed by atoms with E-state index in [0.29, 0.717) is 0 Å². The van der Waals surface area contributed by atoms with E-state index < -0.39 is 0 Å². The molecule has 2 nitrogen and oxygen atoms in total. The van der Waals surface area contributed by atoms with E-state index in [1.54, 1.807) is 23.5 Å². The lowest BCUT2D eigenvalue weighted by Crippen LogP contribution is -2.36. The second-order valence-corrected chi connectivity index (χ2v) is 7.36. The van der Waals surface area contributed by atoms with Crippen LogP contribution >= 0.6 is 23.5 Å². The third-order valence-electron chi connectivity index (χ3n) is 3.25. The van der Waals surface area contributed by atoms with Gasteiger partial charge in [-0.25, -0.2) is 0 Å². The maximum absolute atomic E-state index is 12.8. The number of carbonyl (C=O) groups excluding carboxylic acids is 1. The molecule has 0 saturated heterocycles. The summed E-state index contributed by atoms with van der Waals surface area (Å²) in [6.07, 6.45) is 0. The first-order chi connectivity index (χ1) is 10.7. The van der Waals surface area contributed by atoms with E-state index in [2.05, 4.69) is 24.3 Å². The molecule has 0 aliphatic rings. The fourth-order valence-electron chi connectivity index (χ4n) is 2.05. The molecule has 0 unspecified atom stereocenters. The van der Waals surface area contributed by atoms with Gasteiger partial charge in [-0.3, -0.25) is 4.79 Å². The zero-order valence-corrected chi connectivity index (χ0v) is 14.6. The number of thioether (sulfide) groups is 2. The van der Waals surface area contributed by atoms with E-state index in [-0.39, 0.29) is 10.5 Å². The first-order valence-electron chi connectivity index (χ1n) is 7.46. The van der Waals surface area contributed by atoms with Gasteiger partial charge in [-0.05, 0) is 38.1 Å². The quantitative estimate of drug-likeness (QED) is 0.538. The molecule has 0 saturated carbocycles. The van der Waals surface area contributed by atoms with Crippen LogP contribution in [0.25, 0.3) is 0 Å². The van der Waals surface area contributed by atoms with Gasteiger partial charge in [0.1, 0.15) is 4.58 Å². The van der Waals surface area contributed by atoms with Crippen LogP contribution in [-0.2, 0) is 4.79 Å². The van der Waals surface area contributed by atoms with Crippen molar-refractivity contribution in [2.45, 2.75) is 28.2 Å². The summed E-state index contributed by atoms with van der Waals surface area (Å²) < 4.78 is -0.162. The summed E-state index contributed by atoms with van der Waals surface area (Å²) in [6.45, 7) is 5.55. The zero-order chi connectivity index (χ0) is 15.8. The molecule has 2 rings (SSSR count). The van der Waals surface area contributed by atoms with Gasteiger partial charge in [0.05, 0.1) is 0 Å².